The molecule has 2 rings (SSSR count). The molecule has 0 saturated heterocycles. The van der Waals surface area contributed by atoms with Gasteiger partial charge in [0.1, 0.15) is 12.4 Å². The monoisotopic (exact) mass is 293 g/mol. The van der Waals surface area contributed by atoms with Gasteiger partial charge in [-0.3, -0.25) is 0 Å². The van der Waals surface area contributed by atoms with Crippen LogP contribution < -0.4 is 14.8 Å². The van der Waals surface area contributed by atoms with Gasteiger partial charge >= 0.3 is 6.18 Å². The summed E-state index contributed by atoms with van der Waals surface area (Å²) >= 11 is 0. The Morgan fingerprint density at radius 3 is 2.65 bits per heavy atom. The number of fused-ring (bicyclic) bond motifs is 1. The zero-order chi connectivity index (χ0) is 14.6. The van der Waals surface area contributed by atoms with Crippen molar-refractivity contribution >= 4 is 0 Å². The maximum Gasteiger partial charge on any atom is 0.411 e. The summed E-state index contributed by atoms with van der Waals surface area (Å²) in [6.07, 6.45) is -4.31. The molecular weight excluding hydrogens is 279 g/mol. The number of halogens is 3. The molecule has 1 aliphatic rings. The first-order valence-corrected chi connectivity index (χ1v) is 5.92. The molecule has 1 aromatic carbocycles. The molecule has 20 heavy (non-hydrogen) atoms. The molecule has 2 N–H and O–H groups in total. The highest BCUT2D eigenvalue weighted by Gasteiger charge is 2.27. The van der Waals surface area contributed by atoms with Crippen LogP contribution in [0.3, 0.4) is 0 Å². The van der Waals surface area contributed by atoms with Gasteiger partial charge in [-0.05, 0) is 6.07 Å². The number of phenolic OH excluding ortho intramolecular Hbond substituents is 1. The molecule has 0 radical (unpaired) electrons. The second-order valence-corrected chi connectivity index (χ2v) is 4.18. The highest BCUT2D eigenvalue weighted by molar-refractivity contribution is 5.51. The summed E-state index contributed by atoms with van der Waals surface area (Å²) in [5, 5.41) is 12.6. The van der Waals surface area contributed by atoms with E-state index in [0.717, 1.165) is 0 Å². The SMILES string of the molecule is Oc1cc2c(cc1CNCCOCC(F)(F)F)OCO2. The van der Waals surface area contributed by atoms with E-state index in [1.54, 1.807) is 6.07 Å². The Balaban J connectivity index is 1.72. The van der Waals surface area contributed by atoms with Gasteiger partial charge in [-0.1, -0.05) is 0 Å². The zero-order valence-corrected chi connectivity index (χ0v) is 10.5. The lowest BCUT2D eigenvalue weighted by molar-refractivity contribution is -0.173. The normalized spacial score (nSPS) is 13.8. The van der Waals surface area contributed by atoms with Crippen molar-refractivity contribution in [3.05, 3.63) is 17.7 Å². The third-order valence-corrected chi connectivity index (χ3v) is 2.58. The van der Waals surface area contributed by atoms with Crippen LogP contribution in [0.5, 0.6) is 17.2 Å². The number of aromatic hydroxyl groups is 1. The minimum Gasteiger partial charge on any atom is -0.507 e. The molecule has 112 valence electrons. The minimum atomic E-state index is -4.31. The van der Waals surface area contributed by atoms with Gasteiger partial charge in [-0.2, -0.15) is 13.2 Å². The summed E-state index contributed by atoms with van der Waals surface area (Å²) in [4.78, 5) is 0. The van der Waals surface area contributed by atoms with Crippen molar-refractivity contribution in [2.24, 2.45) is 0 Å². The second-order valence-electron chi connectivity index (χ2n) is 4.18. The van der Waals surface area contributed by atoms with Gasteiger partial charge in [0.15, 0.2) is 11.5 Å². The van der Waals surface area contributed by atoms with Gasteiger partial charge in [0.05, 0.1) is 6.61 Å². The third kappa shape index (κ3) is 4.17. The summed E-state index contributed by atoms with van der Waals surface area (Å²) in [5.74, 6) is 1.05. The Hall–Kier alpha value is -1.67. The molecule has 0 unspecified atom stereocenters. The summed E-state index contributed by atoms with van der Waals surface area (Å²) in [6.45, 7) is -0.687. The molecule has 0 aromatic heterocycles. The van der Waals surface area contributed by atoms with Crippen LogP contribution in [-0.4, -0.2) is 37.8 Å². The lowest BCUT2D eigenvalue weighted by atomic mass is 10.1. The minimum absolute atomic E-state index is 0.0398. The van der Waals surface area contributed by atoms with Crippen molar-refractivity contribution in [1.82, 2.24) is 5.32 Å². The van der Waals surface area contributed by atoms with Crippen LogP contribution in [0.4, 0.5) is 13.2 Å². The first kappa shape index (κ1) is 14.7. The fourth-order valence-corrected chi connectivity index (χ4v) is 1.67. The van der Waals surface area contributed by atoms with Crippen LogP contribution in [0.15, 0.2) is 12.1 Å². The van der Waals surface area contributed by atoms with Gasteiger partial charge in [0.2, 0.25) is 6.79 Å². The van der Waals surface area contributed by atoms with Crippen LogP contribution >= 0.6 is 0 Å². The molecular formula is C12H14F3NO4. The molecule has 0 spiro atoms. The van der Waals surface area contributed by atoms with E-state index in [4.69, 9.17) is 9.47 Å². The molecule has 1 aromatic rings. The van der Waals surface area contributed by atoms with Crippen molar-refractivity contribution in [3.8, 4) is 17.2 Å². The number of benzene rings is 1. The third-order valence-electron chi connectivity index (χ3n) is 2.58. The number of phenols is 1. The van der Waals surface area contributed by atoms with Crippen LogP contribution in [-0.2, 0) is 11.3 Å². The Kier molecular flexibility index (Phi) is 4.56. The van der Waals surface area contributed by atoms with Gasteiger partial charge in [0, 0.05) is 24.7 Å². The van der Waals surface area contributed by atoms with E-state index >= 15 is 0 Å². The van der Waals surface area contributed by atoms with E-state index in [2.05, 4.69) is 10.1 Å². The van der Waals surface area contributed by atoms with Crippen molar-refractivity contribution in [2.75, 3.05) is 26.6 Å². The van der Waals surface area contributed by atoms with Gasteiger partial charge in [-0.25, -0.2) is 0 Å². The van der Waals surface area contributed by atoms with Crippen LogP contribution in [0.1, 0.15) is 5.56 Å². The van der Waals surface area contributed by atoms with Crippen LogP contribution in [0.2, 0.25) is 0 Å². The Morgan fingerprint density at radius 1 is 1.25 bits per heavy atom. The van der Waals surface area contributed by atoms with E-state index in [1.807, 2.05) is 0 Å². The maximum absolute atomic E-state index is 11.8. The molecule has 0 atom stereocenters. The summed E-state index contributed by atoms with van der Waals surface area (Å²) in [6, 6.07) is 3.07. The van der Waals surface area contributed by atoms with Crippen molar-refractivity contribution in [3.63, 3.8) is 0 Å². The number of hydrogen-bond donors (Lipinski definition) is 2. The zero-order valence-electron chi connectivity index (χ0n) is 10.5. The quantitative estimate of drug-likeness (QED) is 0.783. The number of alkyl halides is 3. The highest BCUT2D eigenvalue weighted by Crippen LogP contribution is 2.37. The second kappa shape index (κ2) is 6.19. The Morgan fingerprint density at radius 2 is 1.95 bits per heavy atom. The van der Waals surface area contributed by atoms with Crippen molar-refractivity contribution in [1.29, 1.82) is 0 Å². The van der Waals surface area contributed by atoms with Gasteiger partial charge in [0.25, 0.3) is 0 Å². The average Bonchev–Trinajstić information content (AvgIpc) is 2.79. The first-order chi connectivity index (χ1) is 9.46. The molecule has 8 heteroatoms. The highest BCUT2D eigenvalue weighted by atomic mass is 19.4. The predicted molar refractivity (Wildman–Crippen MR) is 62.8 cm³/mol. The van der Waals surface area contributed by atoms with E-state index in [9.17, 15) is 18.3 Å². The van der Waals surface area contributed by atoms with Crippen LogP contribution in [0, 0.1) is 0 Å². The van der Waals surface area contributed by atoms with E-state index in [-0.39, 0.29) is 32.2 Å². The fourth-order valence-electron chi connectivity index (χ4n) is 1.67. The van der Waals surface area contributed by atoms with E-state index < -0.39 is 12.8 Å². The molecule has 0 amide bonds. The van der Waals surface area contributed by atoms with E-state index in [1.165, 1.54) is 6.07 Å². The predicted octanol–water partition coefficient (Wildman–Crippen LogP) is 1.79. The summed E-state index contributed by atoms with van der Waals surface area (Å²) in [5.41, 5.74) is 0.574. The fraction of sp³-hybridized carbons (Fsp3) is 0.500. The van der Waals surface area contributed by atoms with Gasteiger partial charge < -0.3 is 24.6 Å². The molecule has 5 nitrogen and oxygen atoms in total. The van der Waals surface area contributed by atoms with Gasteiger partial charge in [-0.15, -0.1) is 0 Å². The number of nitrogens with one attached hydrogen (secondary N) is 1. The lowest BCUT2D eigenvalue weighted by Crippen LogP contribution is -2.23. The standard InChI is InChI=1S/C12H14F3NO4/c13-12(14,15)6-18-2-1-16-5-8-3-10-11(4-9(8)17)20-7-19-10/h3-4,16-17H,1-2,5-7H2. The summed E-state index contributed by atoms with van der Waals surface area (Å²) in [7, 11) is 0. The number of rotatable bonds is 6. The maximum atomic E-state index is 11.8. The molecule has 0 fully saturated rings. The molecule has 0 bridgehead atoms. The topological polar surface area (TPSA) is 60.0 Å². The summed E-state index contributed by atoms with van der Waals surface area (Å²) < 4.78 is 50.1. The van der Waals surface area contributed by atoms with Crippen molar-refractivity contribution in [2.45, 2.75) is 12.7 Å². The first-order valence-electron chi connectivity index (χ1n) is 5.92. The van der Waals surface area contributed by atoms with Crippen molar-refractivity contribution < 1.29 is 32.5 Å². The van der Waals surface area contributed by atoms with E-state index in [0.29, 0.717) is 17.1 Å². The molecule has 0 aliphatic carbocycles. The van der Waals surface area contributed by atoms with Crippen LogP contribution in [0.25, 0.3) is 0 Å². The largest absolute Gasteiger partial charge is 0.507 e. The number of ether oxygens (including phenoxy) is 3. The number of hydrogen-bond acceptors (Lipinski definition) is 5. The molecule has 1 aliphatic heterocycles. The Labute approximate surface area is 113 Å². The average molecular weight is 293 g/mol. The molecule has 0 saturated carbocycles. The smallest absolute Gasteiger partial charge is 0.411 e. The lowest BCUT2D eigenvalue weighted by Gasteiger charge is -2.09. The molecule has 1 heterocycles. The Bertz CT molecular complexity index is 465.